The molecule has 0 aromatic carbocycles. The first-order valence-electron chi connectivity index (χ1n) is 4.26. The van der Waals surface area contributed by atoms with Gasteiger partial charge in [-0.05, 0) is 6.42 Å². The van der Waals surface area contributed by atoms with Crippen molar-refractivity contribution < 1.29 is 14.7 Å². The van der Waals surface area contributed by atoms with Gasteiger partial charge in [-0.3, -0.25) is 4.79 Å². The maximum Gasteiger partial charge on any atom is 0.326 e. The van der Waals surface area contributed by atoms with E-state index in [-0.39, 0.29) is 11.2 Å². The molecule has 0 radical (unpaired) electrons. The number of nitrogens with zero attached hydrogens (tertiary/aromatic N) is 1. The van der Waals surface area contributed by atoms with Crippen LogP contribution in [0.4, 0.5) is 0 Å². The molecule has 0 aromatic heterocycles. The zero-order valence-electron chi connectivity index (χ0n) is 7.43. The molecule has 4 nitrogen and oxygen atoms in total. The highest BCUT2D eigenvalue weighted by Crippen LogP contribution is 2.19. The fraction of sp³-hybridized carbons (Fsp3) is 0.750. The Morgan fingerprint density at radius 3 is 2.77 bits per heavy atom. The van der Waals surface area contributed by atoms with Crippen molar-refractivity contribution in [2.24, 2.45) is 0 Å². The Morgan fingerprint density at radius 1 is 1.85 bits per heavy atom. The van der Waals surface area contributed by atoms with Crippen LogP contribution in [0.1, 0.15) is 19.8 Å². The lowest BCUT2D eigenvalue weighted by Gasteiger charge is -2.22. The van der Waals surface area contributed by atoms with E-state index in [2.05, 4.69) is 12.6 Å². The van der Waals surface area contributed by atoms with Gasteiger partial charge < -0.3 is 10.0 Å². The van der Waals surface area contributed by atoms with E-state index in [0.29, 0.717) is 19.4 Å². The molecule has 0 spiro atoms. The van der Waals surface area contributed by atoms with Crippen molar-refractivity contribution in [1.82, 2.24) is 4.90 Å². The molecule has 0 saturated carbocycles. The molecule has 1 amide bonds. The summed E-state index contributed by atoms with van der Waals surface area (Å²) in [4.78, 5) is 23.5. The molecular formula is C8H13NO3S. The molecule has 1 saturated heterocycles. The maximum atomic E-state index is 11.3. The van der Waals surface area contributed by atoms with Crippen LogP contribution in [0.2, 0.25) is 0 Å². The van der Waals surface area contributed by atoms with Gasteiger partial charge in [0.05, 0.1) is 0 Å². The third kappa shape index (κ3) is 2.15. The topological polar surface area (TPSA) is 57.6 Å². The Labute approximate surface area is 82.3 Å². The number of hydrogen-bond donors (Lipinski definition) is 2. The number of carboxylic acid groups (broad SMARTS) is 1. The number of carboxylic acids is 1. The summed E-state index contributed by atoms with van der Waals surface area (Å²) >= 11 is 4.16. The highest BCUT2D eigenvalue weighted by Gasteiger charge is 2.35. The van der Waals surface area contributed by atoms with Crippen LogP contribution in [0.5, 0.6) is 0 Å². The second-order valence-corrected chi connectivity index (χ2v) is 3.90. The molecule has 1 fully saturated rings. The summed E-state index contributed by atoms with van der Waals surface area (Å²) in [7, 11) is 0. The van der Waals surface area contributed by atoms with Gasteiger partial charge in [-0.25, -0.2) is 4.79 Å². The summed E-state index contributed by atoms with van der Waals surface area (Å²) < 4.78 is 0. The first kappa shape index (κ1) is 10.4. The number of likely N-dealkylation sites (tertiary alicyclic amines) is 1. The van der Waals surface area contributed by atoms with Gasteiger partial charge in [0.1, 0.15) is 6.04 Å². The molecule has 1 rings (SSSR count). The Balaban J connectivity index is 2.69. The fourth-order valence-electron chi connectivity index (χ4n) is 1.54. The van der Waals surface area contributed by atoms with Crippen molar-refractivity contribution >= 4 is 24.5 Å². The zero-order chi connectivity index (χ0) is 10.0. The highest BCUT2D eigenvalue weighted by molar-refractivity contribution is 7.81. The van der Waals surface area contributed by atoms with Crippen molar-refractivity contribution in [3.63, 3.8) is 0 Å². The van der Waals surface area contributed by atoms with Crippen LogP contribution in [0.25, 0.3) is 0 Å². The summed E-state index contributed by atoms with van der Waals surface area (Å²) in [5, 5.41) is 8.81. The van der Waals surface area contributed by atoms with E-state index in [4.69, 9.17) is 5.11 Å². The van der Waals surface area contributed by atoms with Crippen LogP contribution >= 0.6 is 12.6 Å². The van der Waals surface area contributed by atoms with E-state index in [0.717, 1.165) is 0 Å². The number of amides is 1. The molecular weight excluding hydrogens is 190 g/mol. The Kier molecular flexibility index (Phi) is 3.19. The van der Waals surface area contributed by atoms with Crippen molar-refractivity contribution in [3.05, 3.63) is 0 Å². The van der Waals surface area contributed by atoms with Gasteiger partial charge in [-0.1, -0.05) is 6.92 Å². The second kappa shape index (κ2) is 4.00. The zero-order valence-corrected chi connectivity index (χ0v) is 8.33. The smallest absolute Gasteiger partial charge is 0.326 e. The van der Waals surface area contributed by atoms with Gasteiger partial charge in [-0.2, -0.15) is 12.6 Å². The molecule has 0 aliphatic carbocycles. The third-order valence-electron chi connectivity index (χ3n) is 2.19. The van der Waals surface area contributed by atoms with Crippen molar-refractivity contribution in [1.29, 1.82) is 0 Å². The van der Waals surface area contributed by atoms with Crippen LogP contribution in [-0.2, 0) is 9.59 Å². The highest BCUT2D eigenvalue weighted by atomic mass is 32.1. The van der Waals surface area contributed by atoms with Crippen LogP contribution in [0.3, 0.4) is 0 Å². The minimum absolute atomic E-state index is 0.0131. The van der Waals surface area contributed by atoms with Gasteiger partial charge >= 0.3 is 5.97 Å². The van der Waals surface area contributed by atoms with Crippen LogP contribution in [0.15, 0.2) is 0 Å². The Hall–Kier alpha value is -0.710. The summed E-state index contributed by atoms with van der Waals surface area (Å²) in [6.45, 7) is 2.21. The Morgan fingerprint density at radius 2 is 2.46 bits per heavy atom. The molecule has 13 heavy (non-hydrogen) atoms. The largest absolute Gasteiger partial charge is 0.480 e. The molecule has 2 unspecified atom stereocenters. The minimum Gasteiger partial charge on any atom is -0.480 e. The molecule has 1 N–H and O–H groups in total. The van der Waals surface area contributed by atoms with Crippen LogP contribution in [-0.4, -0.2) is 39.7 Å². The number of carbonyl (C=O) groups excluding carboxylic acids is 1. The first-order valence-corrected chi connectivity index (χ1v) is 4.78. The fourth-order valence-corrected chi connectivity index (χ4v) is 1.87. The lowest BCUT2D eigenvalue weighted by Crippen LogP contribution is -2.41. The van der Waals surface area contributed by atoms with Crippen LogP contribution < -0.4 is 0 Å². The number of hydrogen-bond acceptors (Lipinski definition) is 3. The molecule has 0 bridgehead atoms. The minimum atomic E-state index is -0.932. The van der Waals surface area contributed by atoms with E-state index in [1.165, 1.54) is 4.90 Å². The van der Waals surface area contributed by atoms with E-state index in [1.807, 2.05) is 0 Å². The predicted molar refractivity (Wildman–Crippen MR) is 50.8 cm³/mol. The molecule has 1 aliphatic heterocycles. The molecule has 1 heterocycles. The molecule has 5 heteroatoms. The summed E-state index contributed by atoms with van der Waals surface area (Å²) in [6.07, 6.45) is 0.800. The van der Waals surface area contributed by atoms with E-state index in [9.17, 15) is 9.59 Å². The summed E-state index contributed by atoms with van der Waals surface area (Å²) in [5.74, 6) is -1.03. The SMILES string of the molecule is CCC(C(=O)O)N1CC(S)CC1=O. The summed E-state index contributed by atoms with van der Waals surface area (Å²) in [5.41, 5.74) is 0. The van der Waals surface area contributed by atoms with Crippen molar-refractivity contribution in [2.75, 3.05) is 6.54 Å². The van der Waals surface area contributed by atoms with Crippen LogP contribution in [0, 0.1) is 0 Å². The first-order chi connectivity index (χ1) is 6.06. The predicted octanol–water partition coefficient (Wildman–Crippen LogP) is 0.380. The Bertz CT molecular complexity index is 231. The monoisotopic (exact) mass is 203 g/mol. The lowest BCUT2D eigenvalue weighted by atomic mass is 10.2. The van der Waals surface area contributed by atoms with Gasteiger partial charge in [-0.15, -0.1) is 0 Å². The quantitative estimate of drug-likeness (QED) is 0.652. The number of thiol groups is 1. The summed E-state index contributed by atoms with van der Waals surface area (Å²) in [6, 6.07) is -0.676. The molecule has 2 atom stereocenters. The van der Waals surface area contributed by atoms with Crippen molar-refractivity contribution in [3.8, 4) is 0 Å². The normalized spacial score (nSPS) is 24.9. The average molecular weight is 203 g/mol. The molecule has 74 valence electrons. The van der Waals surface area contributed by atoms with Crippen molar-refractivity contribution in [2.45, 2.75) is 31.1 Å². The maximum absolute atomic E-state index is 11.3. The van der Waals surface area contributed by atoms with Gasteiger partial charge in [0.25, 0.3) is 0 Å². The van der Waals surface area contributed by atoms with E-state index >= 15 is 0 Å². The third-order valence-corrected chi connectivity index (χ3v) is 2.53. The van der Waals surface area contributed by atoms with E-state index in [1.54, 1.807) is 6.92 Å². The number of aliphatic carboxylic acids is 1. The average Bonchev–Trinajstić information content (AvgIpc) is 2.31. The lowest BCUT2D eigenvalue weighted by molar-refractivity contribution is -0.148. The second-order valence-electron chi connectivity index (χ2n) is 3.17. The van der Waals surface area contributed by atoms with Gasteiger partial charge in [0.2, 0.25) is 5.91 Å². The number of carbonyl (C=O) groups is 2. The van der Waals surface area contributed by atoms with Gasteiger partial charge in [0, 0.05) is 18.2 Å². The standard InChI is InChI=1S/C8H13NO3S/c1-2-6(8(11)12)9-4-5(13)3-7(9)10/h5-6,13H,2-4H2,1H3,(H,11,12). The molecule has 1 aliphatic rings. The number of rotatable bonds is 3. The molecule has 0 aromatic rings. The van der Waals surface area contributed by atoms with E-state index < -0.39 is 12.0 Å². The van der Waals surface area contributed by atoms with Gasteiger partial charge in [0.15, 0.2) is 0 Å².